The summed E-state index contributed by atoms with van der Waals surface area (Å²) >= 11 is 0. The van der Waals surface area contributed by atoms with Crippen LogP contribution in [0.1, 0.15) is 27.2 Å². The van der Waals surface area contributed by atoms with Crippen LogP contribution in [-0.4, -0.2) is 49.9 Å². The highest BCUT2D eigenvalue weighted by Gasteiger charge is 2.37. The summed E-state index contributed by atoms with van der Waals surface area (Å²) in [6.45, 7) is 5.69. The molecule has 0 aromatic carbocycles. The summed E-state index contributed by atoms with van der Waals surface area (Å²) in [5.74, 6) is 0.0474. The van der Waals surface area contributed by atoms with Gasteiger partial charge in [0, 0.05) is 13.1 Å². The van der Waals surface area contributed by atoms with Crippen LogP contribution in [0.25, 0.3) is 0 Å². The van der Waals surface area contributed by atoms with E-state index < -0.39 is 15.9 Å². The minimum atomic E-state index is -2.97. The van der Waals surface area contributed by atoms with E-state index in [1.807, 2.05) is 20.8 Å². The minimum absolute atomic E-state index is 0. The number of amides is 1. The molecule has 1 heterocycles. The van der Waals surface area contributed by atoms with Crippen LogP contribution >= 0.6 is 12.4 Å². The summed E-state index contributed by atoms with van der Waals surface area (Å²) in [5.41, 5.74) is 5.57. The standard InChI is InChI=1S/C11H22N2O3S.ClH/c1-11(2,3)9(12)10(14)13(4)8-5-6-17(15,16)7-8;/h8-9H,5-7,12H2,1-4H3;1H/t8?,9-;/m1./s1. The minimum Gasteiger partial charge on any atom is -0.340 e. The first-order chi connectivity index (χ1) is 7.54. The normalized spacial score (nSPS) is 24.2. The van der Waals surface area contributed by atoms with Crippen molar-refractivity contribution in [3.05, 3.63) is 0 Å². The predicted molar refractivity (Wildman–Crippen MR) is 74.5 cm³/mol. The smallest absolute Gasteiger partial charge is 0.240 e. The van der Waals surface area contributed by atoms with Crippen molar-refractivity contribution < 1.29 is 13.2 Å². The Morgan fingerprint density at radius 2 is 1.89 bits per heavy atom. The van der Waals surface area contributed by atoms with Crippen LogP contribution in [0.2, 0.25) is 0 Å². The number of rotatable bonds is 2. The van der Waals surface area contributed by atoms with Gasteiger partial charge in [-0.25, -0.2) is 8.42 Å². The Kier molecular flexibility index (Phi) is 5.65. The molecule has 1 saturated heterocycles. The van der Waals surface area contributed by atoms with Gasteiger partial charge >= 0.3 is 0 Å². The molecule has 0 saturated carbocycles. The van der Waals surface area contributed by atoms with Gasteiger partial charge in [0.15, 0.2) is 9.84 Å². The fourth-order valence-electron chi connectivity index (χ4n) is 1.85. The van der Waals surface area contributed by atoms with Crippen LogP contribution in [-0.2, 0) is 14.6 Å². The number of nitrogens with two attached hydrogens (primary N) is 1. The van der Waals surface area contributed by atoms with Gasteiger partial charge in [0.05, 0.1) is 17.5 Å². The largest absolute Gasteiger partial charge is 0.340 e. The lowest BCUT2D eigenvalue weighted by atomic mass is 9.86. The number of hydrogen-bond donors (Lipinski definition) is 1. The number of nitrogens with zero attached hydrogens (tertiary/aromatic N) is 1. The summed E-state index contributed by atoms with van der Waals surface area (Å²) in [4.78, 5) is 13.6. The van der Waals surface area contributed by atoms with Crippen molar-refractivity contribution in [2.45, 2.75) is 39.3 Å². The van der Waals surface area contributed by atoms with Gasteiger partial charge in [-0.2, -0.15) is 0 Å². The molecule has 2 atom stereocenters. The van der Waals surface area contributed by atoms with Gasteiger partial charge < -0.3 is 10.6 Å². The maximum Gasteiger partial charge on any atom is 0.240 e. The van der Waals surface area contributed by atoms with Crippen molar-refractivity contribution in [1.29, 1.82) is 0 Å². The second kappa shape index (κ2) is 5.75. The fraction of sp³-hybridized carbons (Fsp3) is 0.909. The number of hydrogen-bond acceptors (Lipinski definition) is 4. The Hall–Kier alpha value is -0.330. The highest BCUT2D eigenvalue weighted by molar-refractivity contribution is 7.91. The number of likely N-dealkylation sites (N-methyl/N-ethyl adjacent to an activating group) is 1. The molecule has 1 aliphatic heterocycles. The van der Waals surface area contributed by atoms with E-state index in [0.29, 0.717) is 6.42 Å². The maximum atomic E-state index is 12.1. The van der Waals surface area contributed by atoms with E-state index in [1.54, 1.807) is 7.05 Å². The van der Waals surface area contributed by atoms with Crippen LogP contribution in [0.4, 0.5) is 0 Å². The van der Waals surface area contributed by atoms with Crippen molar-refractivity contribution in [3.63, 3.8) is 0 Å². The molecule has 108 valence electrons. The molecule has 1 rings (SSSR count). The molecule has 7 heteroatoms. The van der Waals surface area contributed by atoms with Crippen molar-refractivity contribution >= 4 is 28.2 Å². The Balaban J connectivity index is 0.00000289. The first-order valence-corrected chi connectivity index (χ1v) is 7.59. The summed E-state index contributed by atoms with van der Waals surface area (Å²) < 4.78 is 22.7. The Bertz CT molecular complexity index is 403. The van der Waals surface area contributed by atoms with E-state index in [4.69, 9.17) is 5.73 Å². The maximum absolute atomic E-state index is 12.1. The first-order valence-electron chi connectivity index (χ1n) is 5.77. The molecule has 0 bridgehead atoms. The number of carbonyl (C=O) groups excluding carboxylic acids is 1. The first kappa shape index (κ1) is 17.7. The molecule has 0 aliphatic carbocycles. The monoisotopic (exact) mass is 298 g/mol. The molecule has 1 fully saturated rings. The van der Waals surface area contributed by atoms with Gasteiger partial charge in [0.25, 0.3) is 0 Å². The molecule has 1 aliphatic rings. The SMILES string of the molecule is CN(C(=O)[C@@H](N)C(C)(C)C)C1CCS(=O)(=O)C1.Cl. The summed E-state index contributed by atoms with van der Waals surface area (Å²) in [6.07, 6.45) is 0.515. The highest BCUT2D eigenvalue weighted by Crippen LogP contribution is 2.22. The lowest BCUT2D eigenvalue weighted by molar-refractivity contribution is -0.135. The van der Waals surface area contributed by atoms with Gasteiger partial charge in [-0.1, -0.05) is 20.8 Å². The molecular formula is C11H23ClN2O3S. The zero-order chi connectivity index (χ0) is 13.4. The van der Waals surface area contributed by atoms with Gasteiger partial charge in [-0.3, -0.25) is 4.79 Å². The molecule has 18 heavy (non-hydrogen) atoms. The Morgan fingerprint density at radius 3 is 2.22 bits per heavy atom. The van der Waals surface area contributed by atoms with Gasteiger partial charge in [0.1, 0.15) is 0 Å². The zero-order valence-corrected chi connectivity index (χ0v) is 13.0. The third-order valence-electron chi connectivity index (χ3n) is 3.30. The number of sulfone groups is 1. The number of halogens is 1. The second-order valence-corrected chi connectivity index (χ2v) is 8.08. The Labute approximate surface area is 115 Å². The van der Waals surface area contributed by atoms with E-state index in [2.05, 4.69) is 0 Å². The highest BCUT2D eigenvalue weighted by atomic mass is 35.5. The quantitative estimate of drug-likeness (QED) is 0.801. The average Bonchev–Trinajstić information content (AvgIpc) is 2.54. The van der Waals surface area contributed by atoms with Gasteiger partial charge in [0.2, 0.25) is 5.91 Å². The van der Waals surface area contributed by atoms with E-state index in [0.717, 1.165) is 0 Å². The van der Waals surface area contributed by atoms with Gasteiger partial charge in [-0.15, -0.1) is 12.4 Å². The lowest BCUT2D eigenvalue weighted by Gasteiger charge is -2.32. The lowest BCUT2D eigenvalue weighted by Crippen LogP contribution is -2.52. The van der Waals surface area contributed by atoms with E-state index in [-0.39, 0.29) is 41.3 Å². The van der Waals surface area contributed by atoms with Gasteiger partial charge in [-0.05, 0) is 11.8 Å². The van der Waals surface area contributed by atoms with Crippen LogP contribution in [0.3, 0.4) is 0 Å². The summed E-state index contributed by atoms with van der Waals surface area (Å²) in [5, 5.41) is 0. The summed E-state index contributed by atoms with van der Waals surface area (Å²) in [7, 11) is -1.33. The molecule has 5 nitrogen and oxygen atoms in total. The topological polar surface area (TPSA) is 80.5 Å². The van der Waals surface area contributed by atoms with E-state index >= 15 is 0 Å². The van der Waals surface area contributed by atoms with E-state index in [9.17, 15) is 13.2 Å². The Morgan fingerprint density at radius 1 is 1.39 bits per heavy atom. The third kappa shape index (κ3) is 4.10. The molecule has 0 aromatic heterocycles. The molecule has 0 aromatic rings. The summed E-state index contributed by atoms with van der Waals surface area (Å²) in [6, 6.07) is -0.822. The molecule has 1 unspecified atom stereocenters. The fourth-order valence-corrected chi connectivity index (χ4v) is 3.62. The van der Waals surface area contributed by atoms with E-state index in [1.165, 1.54) is 4.90 Å². The predicted octanol–water partition coefficient (Wildman–Crippen LogP) is 0.427. The second-order valence-electron chi connectivity index (χ2n) is 5.85. The van der Waals surface area contributed by atoms with Crippen LogP contribution in [0.5, 0.6) is 0 Å². The molecular weight excluding hydrogens is 276 g/mol. The van der Waals surface area contributed by atoms with Crippen LogP contribution < -0.4 is 5.73 Å². The van der Waals surface area contributed by atoms with Crippen molar-refractivity contribution in [1.82, 2.24) is 4.90 Å². The van der Waals surface area contributed by atoms with Crippen LogP contribution in [0, 0.1) is 5.41 Å². The molecule has 2 N–H and O–H groups in total. The third-order valence-corrected chi connectivity index (χ3v) is 5.05. The van der Waals surface area contributed by atoms with Crippen molar-refractivity contribution in [2.24, 2.45) is 11.1 Å². The van der Waals surface area contributed by atoms with Crippen LogP contribution in [0.15, 0.2) is 0 Å². The molecule has 1 amide bonds. The van der Waals surface area contributed by atoms with Crippen molar-refractivity contribution in [2.75, 3.05) is 18.6 Å². The molecule has 0 spiro atoms. The number of carbonyl (C=O) groups is 1. The molecule has 0 radical (unpaired) electrons. The zero-order valence-electron chi connectivity index (χ0n) is 11.3. The average molecular weight is 299 g/mol. The van der Waals surface area contributed by atoms with Crippen molar-refractivity contribution in [3.8, 4) is 0 Å².